The minimum absolute atomic E-state index is 0.0823. The Morgan fingerprint density at radius 1 is 1.61 bits per heavy atom. The molecule has 1 fully saturated rings. The van der Waals surface area contributed by atoms with Crippen molar-refractivity contribution in [3.05, 3.63) is 34.6 Å². The first kappa shape index (κ1) is 12.8. The fraction of sp³-hybridized carbons (Fsp3) is 0.333. The van der Waals surface area contributed by atoms with Crippen LogP contribution in [0.4, 0.5) is 4.39 Å². The summed E-state index contributed by atoms with van der Waals surface area (Å²) in [6.45, 7) is 0.746. The van der Waals surface area contributed by atoms with E-state index >= 15 is 0 Å². The lowest BCUT2D eigenvalue weighted by Gasteiger charge is -2.29. The van der Waals surface area contributed by atoms with Crippen molar-refractivity contribution < 1.29 is 13.9 Å². The number of benzene rings is 1. The second-order valence-corrected chi connectivity index (χ2v) is 4.30. The first-order valence-corrected chi connectivity index (χ1v) is 5.75. The SMILES string of the molecule is N#CC1CN(C(=O)c2cc(Cl)ccc2F)CCO1. The zero-order valence-corrected chi connectivity index (χ0v) is 10.2. The minimum atomic E-state index is -0.662. The zero-order chi connectivity index (χ0) is 13.1. The van der Waals surface area contributed by atoms with Gasteiger partial charge in [-0.25, -0.2) is 4.39 Å². The van der Waals surface area contributed by atoms with Crippen molar-refractivity contribution in [3.63, 3.8) is 0 Å². The van der Waals surface area contributed by atoms with Crippen molar-refractivity contribution in [2.75, 3.05) is 19.7 Å². The maximum Gasteiger partial charge on any atom is 0.257 e. The van der Waals surface area contributed by atoms with Gasteiger partial charge in [-0.05, 0) is 18.2 Å². The Hall–Kier alpha value is -1.64. The van der Waals surface area contributed by atoms with E-state index in [2.05, 4.69) is 0 Å². The Morgan fingerprint density at radius 3 is 3.11 bits per heavy atom. The first-order chi connectivity index (χ1) is 8.61. The molecule has 6 heteroatoms. The summed E-state index contributed by atoms with van der Waals surface area (Å²) in [6.07, 6.45) is -0.662. The van der Waals surface area contributed by atoms with E-state index in [1.54, 1.807) is 0 Å². The third kappa shape index (κ3) is 2.61. The average molecular weight is 269 g/mol. The summed E-state index contributed by atoms with van der Waals surface area (Å²) in [4.78, 5) is 13.5. The first-order valence-electron chi connectivity index (χ1n) is 5.37. The van der Waals surface area contributed by atoms with Crippen LogP contribution in [-0.4, -0.2) is 36.6 Å². The number of morpholine rings is 1. The standard InChI is InChI=1S/C12H10ClFN2O2/c13-8-1-2-11(14)10(5-8)12(17)16-3-4-18-9(6-15)7-16/h1-2,5,9H,3-4,7H2. The van der Waals surface area contributed by atoms with Gasteiger partial charge in [-0.2, -0.15) is 5.26 Å². The average Bonchev–Trinajstić information content (AvgIpc) is 2.41. The molecule has 0 N–H and O–H groups in total. The smallest absolute Gasteiger partial charge is 0.257 e. The van der Waals surface area contributed by atoms with E-state index in [0.29, 0.717) is 11.6 Å². The maximum absolute atomic E-state index is 13.6. The molecule has 0 bridgehead atoms. The molecule has 1 unspecified atom stereocenters. The van der Waals surface area contributed by atoms with Crippen molar-refractivity contribution in [2.24, 2.45) is 0 Å². The van der Waals surface area contributed by atoms with Crippen LogP contribution in [0.15, 0.2) is 18.2 Å². The molecule has 0 aromatic heterocycles. The Balaban J connectivity index is 2.21. The summed E-state index contributed by atoms with van der Waals surface area (Å²) < 4.78 is 18.7. The molecule has 1 saturated heterocycles. The van der Waals surface area contributed by atoms with E-state index in [0.717, 1.165) is 6.07 Å². The van der Waals surface area contributed by atoms with Crippen molar-refractivity contribution in [3.8, 4) is 6.07 Å². The second kappa shape index (κ2) is 5.34. The number of hydrogen-bond donors (Lipinski definition) is 0. The number of nitrogens with zero attached hydrogens (tertiary/aromatic N) is 2. The molecular formula is C12H10ClFN2O2. The molecule has 1 aromatic rings. The molecule has 1 amide bonds. The molecule has 18 heavy (non-hydrogen) atoms. The largest absolute Gasteiger partial charge is 0.360 e. The van der Waals surface area contributed by atoms with Gasteiger partial charge in [-0.15, -0.1) is 0 Å². The van der Waals surface area contributed by atoms with E-state index in [-0.39, 0.29) is 18.7 Å². The lowest BCUT2D eigenvalue weighted by molar-refractivity contribution is 0.00326. The molecule has 1 atom stereocenters. The molecule has 1 heterocycles. The van der Waals surface area contributed by atoms with Gasteiger partial charge in [0, 0.05) is 11.6 Å². The molecule has 0 spiro atoms. The predicted molar refractivity (Wildman–Crippen MR) is 62.7 cm³/mol. The van der Waals surface area contributed by atoms with Gasteiger partial charge >= 0.3 is 0 Å². The highest BCUT2D eigenvalue weighted by molar-refractivity contribution is 6.31. The molecule has 1 aliphatic heterocycles. The van der Waals surface area contributed by atoms with Crippen LogP contribution in [-0.2, 0) is 4.74 Å². The van der Waals surface area contributed by atoms with Crippen LogP contribution < -0.4 is 0 Å². The Bertz CT molecular complexity index is 515. The van der Waals surface area contributed by atoms with Crippen LogP contribution in [0.5, 0.6) is 0 Å². The van der Waals surface area contributed by atoms with Gasteiger partial charge in [0.05, 0.1) is 24.8 Å². The molecule has 0 aliphatic carbocycles. The van der Waals surface area contributed by atoms with Crippen LogP contribution in [0.1, 0.15) is 10.4 Å². The molecule has 2 rings (SSSR count). The third-order valence-electron chi connectivity index (χ3n) is 2.66. The number of carbonyl (C=O) groups excluding carboxylic acids is 1. The second-order valence-electron chi connectivity index (χ2n) is 3.86. The molecule has 4 nitrogen and oxygen atoms in total. The summed E-state index contributed by atoms with van der Waals surface area (Å²) in [7, 11) is 0. The van der Waals surface area contributed by atoms with Crippen LogP contribution in [0.25, 0.3) is 0 Å². The molecule has 1 aliphatic rings. The summed E-state index contributed by atoms with van der Waals surface area (Å²) in [6, 6.07) is 5.75. The normalized spacial score (nSPS) is 19.4. The number of hydrogen-bond acceptors (Lipinski definition) is 3. The lowest BCUT2D eigenvalue weighted by atomic mass is 10.1. The summed E-state index contributed by atoms with van der Waals surface area (Å²) in [5, 5.41) is 9.05. The minimum Gasteiger partial charge on any atom is -0.360 e. The van der Waals surface area contributed by atoms with Gasteiger partial charge in [0.1, 0.15) is 5.82 Å². The van der Waals surface area contributed by atoms with E-state index in [9.17, 15) is 9.18 Å². The molecular weight excluding hydrogens is 259 g/mol. The topological polar surface area (TPSA) is 53.3 Å². The van der Waals surface area contributed by atoms with Gasteiger partial charge in [0.15, 0.2) is 6.10 Å². The highest BCUT2D eigenvalue weighted by Crippen LogP contribution is 2.18. The van der Waals surface area contributed by atoms with Gasteiger partial charge in [-0.1, -0.05) is 11.6 Å². The number of halogens is 2. The van der Waals surface area contributed by atoms with Gasteiger partial charge in [-0.3, -0.25) is 4.79 Å². The van der Waals surface area contributed by atoms with Gasteiger partial charge in [0.25, 0.3) is 5.91 Å². The highest BCUT2D eigenvalue weighted by atomic mass is 35.5. The van der Waals surface area contributed by atoms with Crippen LogP contribution in [0.3, 0.4) is 0 Å². The van der Waals surface area contributed by atoms with E-state index in [1.165, 1.54) is 17.0 Å². The summed E-state index contributed by atoms with van der Waals surface area (Å²) >= 11 is 5.74. The monoisotopic (exact) mass is 268 g/mol. The Kier molecular flexibility index (Phi) is 3.80. The molecule has 1 aromatic carbocycles. The maximum atomic E-state index is 13.6. The van der Waals surface area contributed by atoms with Crippen molar-refractivity contribution >= 4 is 17.5 Å². The number of rotatable bonds is 1. The van der Waals surface area contributed by atoms with E-state index in [4.69, 9.17) is 21.6 Å². The Labute approximate surface area is 109 Å². The predicted octanol–water partition coefficient (Wildman–Crippen LogP) is 1.84. The highest BCUT2D eigenvalue weighted by Gasteiger charge is 2.26. The Morgan fingerprint density at radius 2 is 2.39 bits per heavy atom. The van der Waals surface area contributed by atoms with Crippen LogP contribution in [0.2, 0.25) is 5.02 Å². The number of carbonyl (C=O) groups is 1. The number of ether oxygens (including phenoxy) is 1. The van der Waals surface area contributed by atoms with Gasteiger partial charge in [0.2, 0.25) is 0 Å². The summed E-state index contributed by atoms with van der Waals surface area (Å²) in [5.41, 5.74) is -0.0823. The molecule has 94 valence electrons. The third-order valence-corrected chi connectivity index (χ3v) is 2.89. The fourth-order valence-corrected chi connectivity index (χ4v) is 1.92. The molecule has 0 radical (unpaired) electrons. The molecule has 0 saturated carbocycles. The van der Waals surface area contributed by atoms with Crippen LogP contribution in [0, 0.1) is 17.1 Å². The van der Waals surface area contributed by atoms with Crippen molar-refractivity contribution in [1.82, 2.24) is 4.90 Å². The fourth-order valence-electron chi connectivity index (χ4n) is 1.74. The zero-order valence-electron chi connectivity index (χ0n) is 9.40. The summed E-state index contributed by atoms with van der Waals surface area (Å²) in [5.74, 6) is -1.09. The van der Waals surface area contributed by atoms with Crippen molar-refractivity contribution in [1.29, 1.82) is 5.26 Å². The van der Waals surface area contributed by atoms with Gasteiger partial charge < -0.3 is 9.64 Å². The number of nitriles is 1. The van der Waals surface area contributed by atoms with Crippen LogP contribution >= 0.6 is 11.6 Å². The lowest BCUT2D eigenvalue weighted by Crippen LogP contribution is -2.45. The number of amides is 1. The van der Waals surface area contributed by atoms with E-state index < -0.39 is 17.8 Å². The quantitative estimate of drug-likeness (QED) is 0.781. The van der Waals surface area contributed by atoms with Crippen molar-refractivity contribution in [2.45, 2.75) is 6.10 Å². The van der Waals surface area contributed by atoms with E-state index in [1.807, 2.05) is 6.07 Å².